The predicted octanol–water partition coefficient (Wildman–Crippen LogP) is 3.38. The summed E-state index contributed by atoms with van der Waals surface area (Å²) in [6, 6.07) is 7.77. The normalized spacial score (nSPS) is 11.0. The van der Waals surface area contributed by atoms with Crippen molar-refractivity contribution >= 4 is 22.5 Å². The van der Waals surface area contributed by atoms with Crippen LogP contribution in [0.15, 0.2) is 47.5 Å². The van der Waals surface area contributed by atoms with Crippen LogP contribution in [0.1, 0.15) is 5.56 Å². The van der Waals surface area contributed by atoms with Crippen molar-refractivity contribution in [1.29, 1.82) is 0 Å². The molecule has 3 rings (SSSR count). The van der Waals surface area contributed by atoms with Gasteiger partial charge >= 0.3 is 0 Å². The molecule has 0 aliphatic heterocycles. The van der Waals surface area contributed by atoms with Gasteiger partial charge in [-0.05, 0) is 29.8 Å². The lowest BCUT2D eigenvalue weighted by molar-refractivity contribution is 0.626. The van der Waals surface area contributed by atoms with Crippen molar-refractivity contribution in [2.24, 2.45) is 0 Å². The van der Waals surface area contributed by atoms with E-state index in [1.807, 2.05) is 0 Å². The third-order valence-electron chi connectivity index (χ3n) is 3.14. The maximum Gasteiger partial charge on any atom is 0.261 e. The molecule has 0 atom stereocenters. The average Bonchev–Trinajstić information content (AvgIpc) is 2.44. The first-order chi connectivity index (χ1) is 10.0. The van der Waals surface area contributed by atoms with Gasteiger partial charge in [0.25, 0.3) is 5.56 Å². The number of benzene rings is 2. The van der Waals surface area contributed by atoms with Crippen LogP contribution in [0.2, 0.25) is 5.02 Å². The van der Waals surface area contributed by atoms with Crippen LogP contribution in [-0.2, 0) is 6.54 Å². The minimum absolute atomic E-state index is 0.165. The first kappa shape index (κ1) is 13.7. The van der Waals surface area contributed by atoms with Gasteiger partial charge in [-0.3, -0.25) is 9.36 Å². The predicted molar refractivity (Wildman–Crippen MR) is 76.5 cm³/mol. The fourth-order valence-electron chi connectivity index (χ4n) is 2.08. The molecule has 0 saturated carbocycles. The van der Waals surface area contributed by atoms with Crippen LogP contribution in [0.25, 0.3) is 10.9 Å². The van der Waals surface area contributed by atoms with E-state index in [1.165, 1.54) is 47.3 Å². The van der Waals surface area contributed by atoms with Gasteiger partial charge < -0.3 is 0 Å². The zero-order chi connectivity index (χ0) is 15.0. The van der Waals surface area contributed by atoms with Crippen molar-refractivity contribution in [3.8, 4) is 0 Å². The van der Waals surface area contributed by atoms with Gasteiger partial charge in [-0.15, -0.1) is 0 Å². The molecule has 0 aliphatic carbocycles. The zero-order valence-corrected chi connectivity index (χ0v) is 11.4. The summed E-state index contributed by atoms with van der Waals surface area (Å²) in [5.74, 6) is -0.892. The van der Waals surface area contributed by atoms with Crippen LogP contribution in [0, 0.1) is 11.6 Å². The number of halogens is 3. The average molecular weight is 307 g/mol. The summed E-state index contributed by atoms with van der Waals surface area (Å²) in [7, 11) is 0. The van der Waals surface area contributed by atoms with Crippen LogP contribution in [-0.4, -0.2) is 9.55 Å². The van der Waals surface area contributed by atoms with Gasteiger partial charge in [0.05, 0.1) is 23.8 Å². The van der Waals surface area contributed by atoms with E-state index < -0.39 is 11.6 Å². The number of hydrogen-bond acceptors (Lipinski definition) is 2. The first-order valence-electron chi connectivity index (χ1n) is 6.13. The lowest BCUT2D eigenvalue weighted by atomic mass is 10.2. The van der Waals surface area contributed by atoms with E-state index in [9.17, 15) is 13.6 Å². The SMILES string of the molecule is O=c1c2ccc(F)cc2ncn1Cc1ccc(F)cc1Cl. The van der Waals surface area contributed by atoms with Gasteiger partial charge in [0.2, 0.25) is 0 Å². The molecule has 0 fully saturated rings. The zero-order valence-electron chi connectivity index (χ0n) is 10.7. The van der Waals surface area contributed by atoms with E-state index in [1.54, 1.807) is 0 Å². The summed E-state index contributed by atoms with van der Waals surface area (Å²) in [5.41, 5.74) is 0.588. The lowest BCUT2D eigenvalue weighted by Crippen LogP contribution is -2.21. The van der Waals surface area contributed by atoms with E-state index in [0.29, 0.717) is 16.5 Å². The number of hydrogen-bond donors (Lipinski definition) is 0. The summed E-state index contributed by atoms with van der Waals surface area (Å²) in [5, 5.41) is 0.554. The molecular formula is C15H9ClF2N2O. The van der Waals surface area contributed by atoms with Crippen LogP contribution in [0.3, 0.4) is 0 Å². The second-order valence-corrected chi connectivity index (χ2v) is 4.98. The largest absolute Gasteiger partial charge is 0.294 e. The Morgan fingerprint density at radius 3 is 2.57 bits per heavy atom. The number of aromatic nitrogens is 2. The molecule has 106 valence electrons. The smallest absolute Gasteiger partial charge is 0.261 e. The van der Waals surface area contributed by atoms with Gasteiger partial charge in [-0.25, -0.2) is 13.8 Å². The molecule has 0 N–H and O–H groups in total. The van der Waals surface area contributed by atoms with Crippen molar-refractivity contribution in [2.45, 2.75) is 6.54 Å². The lowest BCUT2D eigenvalue weighted by Gasteiger charge is -2.08. The molecule has 0 radical (unpaired) electrons. The maximum atomic E-state index is 13.1. The van der Waals surface area contributed by atoms with Crippen LogP contribution in [0.5, 0.6) is 0 Å². The topological polar surface area (TPSA) is 34.9 Å². The first-order valence-corrected chi connectivity index (χ1v) is 6.51. The molecule has 3 nitrogen and oxygen atoms in total. The highest BCUT2D eigenvalue weighted by molar-refractivity contribution is 6.31. The van der Waals surface area contributed by atoms with Gasteiger partial charge in [-0.1, -0.05) is 17.7 Å². The summed E-state index contributed by atoms with van der Waals surface area (Å²) < 4.78 is 27.5. The quantitative estimate of drug-likeness (QED) is 0.727. The molecular weight excluding hydrogens is 298 g/mol. The second kappa shape index (κ2) is 5.26. The van der Waals surface area contributed by atoms with E-state index in [2.05, 4.69) is 4.98 Å². The van der Waals surface area contributed by atoms with Crippen molar-refractivity contribution in [1.82, 2.24) is 9.55 Å². The van der Waals surface area contributed by atoms with E-state index in [0.717, 1.165) is 0 Å². The summed E-state index contributed by atoms with van der Waals surface area (Å²) in [4.78, 5) is 16.4. The fourth-order valence-corrected chi connectivity index (χ4v) is 2.30. The highest BCUT2D eigenvalue weighted by Gasteiger charge is 2.08. The minimum atomic E-state index is -0.450. The van der Waals surface area contributed by atoms with E-state index in [4.69, 9.17) is 11.6 Å². The molecule has 0 amide bonds. The highest BCUT2D eigenvalue weighted by atomic mass is 35.5. The van der Waals surface area contributed by atoms with Crippen LogP contribution >= 0.6 is 11.6 Å². The number of rotatable bonds is 2. The molecule has 0 aliphatic rings. The van der Waals surface area contributed by atoms with Gasteiger partial charge in [0.15, 0.2) is 0 Å². The molecule has 0 saturated heterocycles. The van der Waals surface area contributed by atoms with Gasteiger partial charge in [0.1, 0.15) is 11.6 Å². The Hall–Kier alpha value is -2.27. The van der Waals surface area contributed by atoms with Crippen molar-refractivity contribution in [2.75, 3.05) is 0 Å². The number of fused-ring (bicyclic) bond motifs is 1. The number of nitrogens with zero attached hydrogens (tertiary/aromatic N) is 2. The molecule has 2 aromatic carbocycles. The standard InChI is InChI=1S/C15H9ClF2N2O/c16-13-5-10(17)2-1-9(13)7-20-8-19-14-6-11(18)3-4-12(14)15(20)21/h1-6,8H,7H2. The Morgan fingerprint density at radius 2 is 1.81 bits per heavy atom. The summed E-state index contributed by atoms with van der Waals surface area (Å²) >= 11 is 5.95. The third-order valence-corrected chi connectivity index (χ3v) is 3.49. The third kappa shape index (κ3) is 2.64. The highest BCUT2D eigenvalue weighted by Crippen LogP contribution is 2.18. The van der Waals surface area contributed by atoms with Crippen LogP contribution in [0.4, 0.5) is 8.78 Å². The van der Waals surface area contributed by atoms with Crippen molar-refractivity contribution in [3.05, 3.63) is 75.3 Å². The monoisotopic (exact) mass is 306 g/mol. The Kier molecular flexibility index (Phi) is 3.43. The molecule has 21 heavy (non-hydrogen) atoms. The summed E-state index contributed by atoms with van der Waals surface area (Å²) in [6.45, 7) is 0.165. The van der Waals surface area contributed by atoms with E-state index in [-0.39, 0.29) is 17.1 Å². The second-order valence-electron chi connectivity index (χ2n) is 4.57. The minimum Gasteiger partial charge on any atom is -0.294 e. The van der Waals surface area contributed by atoms with Crippen molar-refractivity contribution < 1.29 is 8.78 Å². The molecule has 0 unspecified atom stereocenters. The van der Waals surface area contributed by atoms with Crippen LogP contribution < -0.4 is 5.56 Å². The Bertz CT molecular complexity index is 892. The van der Waals surface area contributed by atoms with Gasteiger partial charge in [-0.2, -0.15) is 0 Å². The Balaban J connectivity index is 2.07. The Labute approximate surface area is 123 Å². The van der Waals surface area contributed by atoms with Crippen molar-refractivity contribution in [3.63, 3.8) is 0 Å². The molecule has 6 heteroatoms. The Morgan fingerprint density at radius 1 is 1.10 bits per heavy atom. The molecule has 1 heterocycles. The maximum absolute atomic E-state index is 13.1. The molecule has 0 spiro atoms. The van der Waals surface area contributed by atoms with Gasteiger partial charge in [0, 0.05) is 11.1 Å². The molecule has 0 bridgehead atoms. The molecule has 1 aromatic heterocycles. The summed E-state index contributed by atoms with van der Waals surface area (Å²) in [6.07, 6.45) is 1.32. The van der Waals surface area contributed by atoms with E-state index >= 15 is 0 Å². The fraction of sp³-hybridized carbons (Fsp3) is 0.0667. The molecule has 3 aromatic rings.